The third kappa shape index (κ3) is 4.21. The maximum absolute atomic E-state index is 12.2. The number of hydrogen-bond acceptors (Lipinski definition) is 5. The summed E-state index contributed by atoms with van der Waals surface area (Å²) in [7, 11) is 1.72. The van der Waals surface area contributed by atoms with Crippen LogP contribution in [-0.2, 0) is 16.1 Å². The molecule has 1 aromatic heterocycles. The number of amides is 4. The Morgan fingerprint density at radius 1 is 1.28 bits per heavy atom. The molecule has 130 valence electrons. The van der Waals surface area contributed by atoms with E-state index < -0.39 is 12.1 Å². The summed E-state index contributed by atoms with van der Waals surface area (Å²) in [5.41, 5.74) is 1.05. The Bertz CT molecular complexity index is 790. The second-order valence-electron chi connectivity index (χ2n) is 5.80. The van der Waals surface area contributed by atoms with Gasteiger partial charge in [-0.05, 0) is 6.42 Å². The largest absolute Gasteiger partial charge is 0.341 e. The van der Waals surface area contributed by atoms with Crippen LogP contribution in [0.4, 0.5) is 4.79 Å². The third-order valence-corrected chi connectivity index (χ3v) is 4.93. The molecule has 7 nitrogen and oxygen atoms in total. The molecule has 1 aliphatic rings. The Labute approximate surface area is 149 Å². The van der Waals surface area contributed by atoms with Crippen LogP contribution in [0.2, 0.25) is 0 Å². The molecule has 8 heteroatoms. The van der Waals surface area contributed by atoms with Crippen molar-refractivity contribution in [2.45, 2.75) is 25.4 Å². The number of nitrogens with one attached hydrogen (secondary N) is 2. The summed E-state index contributed by atoms with van der Waals surface area (Å²) >= 11 is 1.55. The fourth-order valence-corrected chi connectivity index (χ4v) is 3.51. The lowest BCUT2D eigenvalue weighted by Crippen LogP contribution is -2.32. The number of aromatic nitrogens is 1. The zero-order valence-corrected chi connectivity index (χ0v) is 14.5. The van der Waals surface area contributed by atoms with Gasteiger partial charge >= 0.3 is 6.03 Å². The molecule has 1 aliphatic heterocycles. The van der Waals surface area contributed by atoms with E-state index in [1.165, 1.54) is 0 Å². The fraction of sp³-hybridized carbons (Fsp3) is 0.294. The van der Waals surface area contributed by atoms with E-state index in [-0.39, 0.29) is 18.2 Å². The summed E-state index contributed by atoms with van der Waals surface area (Å²) in [4.78, 5) is 41.8. The first kappa shape index (κ1) is 17.1. The standard InChI is InChI=1S/C17H18N4O3S/c1-21(14(22)8-7-13-15(23)20-17(24)19-13)10-12-9-18-16(25-12)11-5-3-2-4-6-11/h2-6,9,13H,7-8,10H2,1H3,(H2,19,20,23,24)/t13-/m0/s1. The van der Waals surface area contributed by atoms with Crippen LogP contribution in [0, 0.1) is 0 Å². The van der Waals surface area contributed by atoms with Gasteiger partial charge in [0.25, 0.3) is 5.91 Å². The number of imide groups is 1. The number of carbonyl (C=O) groups excluding carboxylic acids is 3. The number of nitrogens with zero attached hydrogens (tertiary/aromatic N) is 2. The molecule has 2 heterocycles. The van der Waals surface area contributed by atoms with Gasteiger partial charge in [0.2, 0.25) is 5.91 Å². The number of hydrogen-bond donors (Lipinski definition) is 2. The number of urea groups is 1. The van der Waals surface area contributed by atoms with Gasteiger partial charge in [-0.25, -0.2) is 9.78 Å². The molecule has 0 spiro atoms. The van der Waals surface area contributed by atoms with Crippen LogP contribution in [0.15, 0.2) is 36.5 Å². The molecule has 0 saturated carbocycles. The molecule has 2 N–H and O–H groups in total. The summed E-state index contributed by atoms with van der Waals surface area (Å²) in [6.07, 6.45) is 2.26. The van der Waals surface area contributed by atoms with Crippen molar-refractivity contribution in [2.75, 3.05) is 7.05 Å². The van der Waals surface area contributed by atoms with Gasteiger partial charge in [0.15, 0.2) is 0 Å². The van der Waals surface area contributed by atoms with Crippen molar-refractivity contribution in [1.82, 2.24) is 20.5 Å². The minimum atomic E-state index is -0.627. The quantitative estimate of drug-likeness (QED) is 0.770. The average Bonchev–Trinajstić information content (AvgIpc) is 3.19. The maximum atomic E-state index is 12.2. The molecule has 1 aromatic carbocycles. The van der Waals surface area contributed by atoms with E-state index >= 15 is 0 Å². The smallest absolute Gasteiger partial charge is 0.322 e. The van der Waals surface area contributed by atoms with Crippen LogP contribution in [-0.4, -0.2) is 40.8 Å². The van der Waals surface area contributed by atoms with E-state index in [4.69, 9.17) is 0 Å². The highest BCUT2D eigenvalue weighted by Crippen LogP contribution is 2.25. The van der Waals surface area contributed by atoms with Crippen LogP contribution < -0.4 is 10.6 Å². The van der Waals surface area contributed by atoms with Gasteiger partial charge in [0.1, 0.15) is 11.0 Å². The van der Waals surface area contributed by atoms with E-state index in [9.17, 15) is 14.4 Å². The van der Waals surface area contributed by atoms with Crippen molar-refractivity contribution in [3.05, 3.63) is 41.4 Å². The summed E-state index contributed by atoms with van der Waals surface area (Å²) in [6, 6.07) is 8.74. The molecule has 0 aliphatic carbocycles. The van der Waals surface area contributed by atoms with E-state index in [0.29, 0.717) is 13.0 Å². The predicted molar refractivity (Wildman–Crippen MR) is 93.7 cm³/mol. The zero-order valence-electron chi connectivity index (χ0n) is 13.7. The summed E-state index contributed by atoms with van der Waals surface area (Å²) in [5.74, 6) is -0.459. The predicted octanol–water partition coefficient (Wildman–Crippen LogP) is 1.76. The summed E-state index contributed by atoms with van der Waals surface area (Å²) in [5, 5.41) is 5.57. The SMILES string of the molecule is CN(Cc1cnc(-c2ccccc2)s1)C(=O)CC[C@@H]1NC(=O)NC1=O. The van der Waals surface area contributed by atoms with Crippen molar-refractivity contribution in [2.24, 2.45) is 0 Å². The van der Waals surface area contributed by atoms with Gasteiger partial charge in [-0.15, -0.1) is 11.3 Å². The van der Waals surface area contributed by atoms with Gasteiger partial charge in [-0.3, -0.25) is 14.9 Å². The summed E-state index contributed by atoms with van der Waals surface area (Å²) in [6.45, 7) is 0.465. The molecule has 0 radical (unpaired) electrons. The van der Waals surface area contributed by atoms with Crippen molar-refractivity contribution in [1.29, 1.82) is 0 Å². The molecule has 1 atom stereocenters. The molecule has 25 heavy (non-hydrogen) atoms. The zero-order chi connectivity index (χ0) is 17.8. The molecule has 0 unspecified atom stereocenters. The van der Waals surface area contributed by atoms with Crippen molar-refractivity contribution in [3.63, 3.8) is 0 Å². The fourth-order valence-electron chi connectivity index (χ4n) is 2.54. The average molecular weight is 358 g/mol. The first-order valence-corrected chi connectivity index (χ1v) is 8.70. The Balaban J connectivity index is 1.52. The maximum Gasteiger partial charge on any atom is 0.322 e. The van der Waals surface area contributed by atoms with Crippen LogP contribution in [0.5, 0.6) is 0 Å². The minimum absolute atomic E-state index is 0.0800. The highest BCUT2D eigenvalue weighted by Gasteiger charge is 2.29. The Kier molecular flexibility index (Phi) is 5.08. The van der Waals surface area contributed by atoms with E-state index in [1.807, 2.05) is 30.3 Å². The third-order valence-electron chi connectivity index (χ3n) is 3.90. The van der Waals surface area contributed by atoms with Gasteiger partial charge in [0, 0.05) is 30.1 Å². The molecule has 2 aromatic rings. The van der Waals surface area contributed by atoms with E-state index in [1.54, 1.807) is 29.5 Å². The lowest BCUT2D eigenvalue weighted by molar-refractivity contribution is -0.130. The molecular formula is C17H18N4O3S. The van der Waals surface area contributed by atoms with Crippen molar-refractivity contribution < 1.29 is 14.4 Å². The molecule has 3 rings (SSSR count). The Morgan fingerprint density at radius 3 is 2.72 bits per heavy atom. The lowest BCUT2D eigenvalue weighted by atomic mass is 10.1. The van der Waals surface area contributed by atoms with Crippen molar-refractivity contribution >= 4 is 29.2 Å². The monoisotopic (exact) mass is 358 g/mol. The Hall–Kier alpha value is -2.74. The molecule has 4 amide bonds. The van der Waals surface area contributed by atoms with Gasteiger partial charge < -0.3 is 10.2 Å². The van der Waals surface area contributed by atoms with Crippen LogP contribution in [0.3, 0.4) is 0 Å². The molecular weight excluding hydrogens is 340 g/mol. The van der Waals surface area contributed by atoms with Gasteiger partial charge in [0.05, 0.1) is 6.54 Å². The van der Waals surface area contributed by atoms with Gasteiger partial charge in [-0.1, -0.05) is 30.3 Å². The first-order chi connectivity index (χ1) is 12.0. The van der Waals surface area contributed by atoms with E-state index in [0.717, 1.165) is 15.4 Å². The highest BCUT2D eigenvalue weighted by atomic mass is 32.1. The molecule has 1 saturated heterocycles. The normalized spacial score (nSPS) is 16.4. The lowest BCUT2D eigenvalue weighted by Gasteiger charge is -2.16. The van der Waals surface area contributed by atoms with E-state index in [2.05, 4.69) is 15.6 Å². The second kappa shape index (κ2) is 7.43. The van der Waals surface area contributed by atoms with Crippen LogP contribution in [0.25, 0.3) is 10.6 Å². The summed E-state index contributed by atoms with van der Waals surface area (Å²) < 4.78 is 0. The van der Waals surface area contributed by atoms with Crippen LogP contribution >= 0.6 is 11.3 Å². The molecule has 0 bridgehead atoms. The number of carbonyl (C=O) groups is 3. The highest BCUT2D eigenvalue weighted by molar-refractivity contribution is 7.15. The number of rotatable bonds is 6. The number of thiazole rings is 1. The second-order valence-corrected chi connectivity index (χ2v) is 6.92. The topological polar surface area (TPSA) is 91.4 Å². The Morgan fingerprint density at radius 2 is 2.04 bits per heavy atom. The van der Waals surface area contributed by atoms with Crippen LogP contribution in [0.1, 0.15) is 17.7 Å². The first-order valence-electron chi connectivity index (χ1n) is 7.88. The number of benzene rings is 1. The van der Waals surface area contributed by atoms with Gasteiger partial charge in [-0.2, -0.15) is 0 Å². The van der Waals surface area contributed by atoms with Crippen molar-refractivity contribution in [3.8, 4) is 10.6 Å². The molecule has 1 fully saturated rings. The minimum Gasteiger partial charge on any atom is -0.341 e.